The molecule has 0 spiro atoms. The zero-order valence-corrected chi connectivity index (χ0v) is 22.2. The van der Waals surface area contributed by atoms with E-state index in [1.807, 2.05) is 31.2 Å². The molecule has 1 amide bonds. The molecule has 0 unspecified atom stereocenters. The predicted octanol–water partition coefficient (Wildman–Crippen LogP) is 4.82. The number of rotatable bonds is 10. The first-order valence-corrected chi connectivity index (χ1v) is 12.6. The molecule has 0 saturated carbocycles. The van der Waals surface area contributed by atoms with Gasteiger partial charge in [0.25, 0.3) is 11.7 Å². The molecule has 3 aromatic rings. The van der Waals surface area contributed by atoms with Crippen molar-refractivity contribution in [2.24, 2.45) is 0 Å². The van der Waals surface area contributed by atoms with E-state index in [1.54, 1.807) is 55.6 Å². The zero-order chi connectivity index (χ0) is 27.9. The average molecular weight is 530 g/mol. The van der Waals surface area contributed by atoms with Gasteiger partial charge in [-0.2, -0.15) is 0 Å². The van der Waals surface area contributed by atoms with E-state index in [0.29, 0.717) is 42.1 Å². The molecule has 1 saturated heterocycles. The zero-order valence-electron chi connectivity index (χ0n) is 22.2. The Bertz CT molecular complexity index is 1380. The first-order valence-electron chi connectivity index (χ1n) is 12.6. The monoisotopic (exact) mass is 529 g/mol. The summed E-state index contributed by atoms with van der Waals surface area (Å²) in [5.41, 5.74) is 3.46. The predicted molar refractivity (Wildman–Crippen MR) is 145 cm³/mol. The lowest BCUT2D eigenvalue weighted by Crippen LogP contribution is -2.31. The minimum atomic E-state index is -0.828. The van der Waals surface area contributed by atoms with Gasteiger partial charge in [0.2, 0.25) is 0 Å². The quantitative estimate of drug-likeness (QED) is 0.132. The highest BCUT2D eigenvalue weighted by molar-refractivity contribution is 6.46. The molecule has 39 heavy (non-hydrogen) atoms. The number of nitrogens with zero attached hydrogens (tertiary/aromatic N) is 1. The first-order chi connectivity index (χ1) is 18.8. The third kappa shape index (κ3) is 6.18. The number of benzene rings is 3. The van der Waals surface area contributed by atoms with Gasteiger partial charge in [-0.15, -0.1) is 0 Å². The number of amides is 1. The Kier molecular flexibility index (Phi) is 8.78. The number of carbonyl (C=O) groups is 3. The maximum Gasteiger partial charge on any atom is 0.337 e. The van der Waals surface area contributed by atoms with Gasteiger partial charge in [-0.3, -0.25) is 9.59 Å². The molecule has 0 radical (unpaired) electrons. The Morgan fingerprint density at radius 3 is 2.28 bits per heavy atom. The highest BCUT2D eigenvalue weighted by Gasteiger charge is 2.45. The van der Waals surface area contributed by atoms with Crippen LogP contribution in [-0.4, -0.2) is 55.0 Å². The van der Waals surface area contributed by atoms with Gasteiger partial charge in [0.15, 0.2) is 0 Å². The lowest BCUT2D eigenvalue weighted by atomic mass is 9.94. The Hall–Kier alpha value is -4.43. The number of hydrogen-bond acceptors (Lipinski definition) is 7. The lowest BCUT2D eigenvalue weighted by Gasteiger charge is -2.25. The minimum Gasteiger partial charge on any atom is -0.507 e. The van der Waals surface area contributed by atoms with Crippen LogP contribution in [0.2, 0.25) is 0 Å². The van der Waals surface area contributed by atoms with Crippen molar-refractivity contribution in [3.05, 3.63) is 106 Å². The Labute approximate surface area is 227 Å². The van der Waals surface area contributed by atoms with Crippen molar-refractivity contribution in [3.63, 3.8) is 0 Å². The summed E-state index contributed by atoms with van der Waals surface area (Å²) in [5.74, 6) is -1.65. The van der Waals surface area contributed by atoms with E-state index in [9.17, 15) is 19.5 Å². The second kappa shape index (κ2) is 12.4. The number of Topliss-reactive ketones (excluding diaryl/α,β-unsaturated/α-hetero) is 1. The van der Waals surface area contributed by atoms with E-state index in [1.165, 1.54) is 12.0 Å². The van der Waals surface area contributed by atoms with Crippen LogP contribution in [0.25, 0.3) is 5.76 Å². The molecule has 1 aliphatic rings. The Balaban J connectivity index is 1.64. The number of aliphatic hydroxyl groups is 1. The molecule has 8 nitrogen and oxygen atoms in total. The van der Waals surface area contributed by atoms with Gasteiger partial charge in [0.1, 0.15) is 18.1 Å². The molecular formula is C31H31NO7. The van der Waals surface area contributed by atoms with E-state index in [0.717, 1.165) is 11.1 Å². The number of ketones is 1. The van der Waals surface area contributed by atoms with Gasteiger partial charge in [-0.1, -0.05) is 42.0 Å². The van der Waals surface area contributed by atoms with E-state index in [4.69, 9.17) is 14.2 Å². The molecule has 0 aliphatic carbocycles. The van der Waals surface area contributed by atoms with E-state index in [-0.39, 0.29) is 17.9 Å². The van der Waals surface area contributed by atoms with Crippen LogP contribution in [0.1, 0.15) is 45.1 Å². The van der Waals surface area contributed by atoms with Crippen molar-refractivity contribution in [3.8, 4) is 5.75 Å². The van der Waals surface area contributed by atoms with Crippen LogP contribution < -0.4 is 4.74 Å². The third-order valence-corrected chi connectivity index (χ3v) is 6.55. The molecule has 8 heteroatoms. The van der Waals surface area contributed by atoms with Gasteiger partial charge in [0.05, 0.1) is 24.3 Å². The molecule has 1 aliphatic heterocycles. The largest absolute Gasteiger partial charge is 0.507 e. The summed E-state index contributed by atoms with van der Waals surface area (Å²) in [6.07, 6.45) is 0.507. The van der Waals surface area contributed by atoms with Gasteiger partial charge < -0.3 is 24.2 Å². The second-order valence-corrected chi connectivity index (χ2v) is 9.25. The fourth-order valence-electron chi connectivity index (χ4n) is 4.59. The maximum atomic E-state index is 13.2. The average Bonchev–Trinajstić information content (AvgIpc) is 3.21. The second-order valence-electron chi connectivity index (χ2n) is 9.25. The number of aryl methyl sites for hydroxylation is 1. The third-order valence-electron chi connectivity index (χ3n) is 6.55. The smallest absolute Gasteiger partial charge is 0.337 e. The SMILES string of the molecule is COCCCN1C(=O)C(=O)/C(=C(/O)c2ccc(OCc3cccc(C)c3)cc2)[C@H]1c1ccc(C(=O)OC)cc1. The number of ether oxygens (including phenoxy) is 3. The first kappa shape index (κ1) is 27.6. The topological polar surface area (TPSA) is 102 Å². The van der Waals surface area contributed by atoms with Crippen LogP contribution in [0.5, 0.6) is 5.75 Å². The fourth-order valence-corrected chi connectivity index (χ4v) is 4.59. The minimum absolute atomic E-state index is 0.0170. The van der Waals surface area contributed by atoms with Crippen LogP contribution in [0.4, 0.5) is 0 Å². The van der Waals surface area contributed by atoms with E-state index >= 15 is 0 Å². The van der Waals surface area contributed by atoms with Crippen molar-refractivity contribution < 1.29 is 33.7 Å². The summed E-state index contributed by atoms with van der Waals surface area (Å²) in [4.78, 5) is 39.6. The molecule has 1 fully saturated rings. The summed E-state index contributed by atoms with van der Waals surface area (Å²) >= 11 is 0. The molecule has 0 aromatic heterocycles. The Morgan fingerprint density at radius 1 is 0.949 bits per heavy atom. The van der Waals surface area contributed by atoms with Crippen molar-refractivity contribution in [2.45, 2.75) is 26.0 Å². The summed E-state index contributed by atoms with van der Waals surface area (Å²) < 4.78 is 15.8. The van der Waals surface area contributed by atoms with Gasteiger partial charge in [-0.05, 0) is 60.9 Å². The maximum absolute atomic E-state index is 13.2. The molecule has 4 rings (SSSR count). The number of aliphatic hydroxyl groups excluding tert-OH is 1. The number of hydrogen-bond donors (Lipinski definition) is 1. The molecule has 1 N–H and O–H groups in total. The molecule has 202 valence electrons. The standard InChI is InChI=1S/C31H31NO7/c1-20-6-4-7-21(18-20)19-39-25-14-12-23(13-15-25)28(33)26-27(22-8-10-24(11-9-22)31(36)38-3)32(16-5-17-37-2)30(35)29(26)34/h4,6-15,18,27,33H,5,16-17,19H2,1-3H3/b28-26+/t27-/m1/s1. The van der Waals surface area contributed by atoms with Gasteiger partial charge in [-0.25, -0.2) is 4.79 Å². The molecular weight excluding hydrogens is 498 g/mol. The van der Waals surface area contributed by atoms with Crippen molar-refractivity contribution in [1.29, 1.82) is 0 Å². The molecule has 1 atom stereocenters. The molecule has 3 aromatic carbocycles. The molecule has 0 bridgehead atoms. The summed E-state index contributed by atoms with van der Waals surface area (Å²) in [6.45, 7) is 3.07. The van der Waals surface area contributed by atoms with Crippen molar-refractivity contribution in [1.82, 2.24) is 4.90 Å². The summed E-state index contributed by atoms with van der Waals surface area (Å²) in [7, 11) is 2.85. The highest BCUT2D eigenvalue weighted by atomic mass is 16.5. The van der Waals surface area contributed by atoms with Gasteiger partial charge in [0, 0.05) is 25.8 Å². The normalized spacial score (nSPS) is 16.4. The van der Waals surface area contributed by atoms with Crippen LogP contribution in [-0.2, 0) is 25.7 Å². The van der Waals surface area contributed by atoms with E-state index in [2.05, 4.69) is 0 Å². The van der Waals surface area contributed by atoms with Crippen LogP contribution in [0.3, 0.4) is 0 Å². The lowest BCUT2D eigenvalue weighted by molar-refractivity contribution is -0.140. The number of methoxy groups -OCH3 is 2. The van der Waals surface area contributed by atoms with Crippen molar-refractivity contribution >= 4 is 23.4 Å². The highest BCUT2D eigenvalue weighted by Crippen LogP contribution is 2.39. The summed E-state index contributed by atoms with van der Waals surface area (Å²) in [6, 6.07) is 20.3. The number of carbonyl (C=O) groups excluding carboxylic acids is 3. The number of likely N-dealkylation sites (tertiary alicyclic amines) is 1. The fraction of sp³-hybridized carbons (Fsp3) is 0.258. The molecule has 1 heterocycles. The van der Waals surface area contributed by atoms with Gasteiger partial charge >= 0.3 is 5.97 Å². The van der Waals surface area contributed by atoms with Crippen molar-refractivity contribution in [2.75, 3.05) is 27.4 Å². The van der Waals surface area contributed by atoms with E-state index < -0.39 is 23.7 Å². The van der Waals surface area contributed by atoms with Crippen LogP contribution in [0, 0.1) is 6.92 Å². The summed E-state index contributed by atoms with van der Waals surface area (Å²) in [5, 5.41) is 11.3. The van der Waals surface area contributed by atoms with Crippen LogP contribution in [0.15, 0.2) is 78.4 Å². The Morgan fingerprint density at radius 2 is 1.64 bits per heavy atom. The van der Waals surface area contributed by atoms with Crippen LogP contribution >= 0.6 is 0 Å². The number of esters is 1.